The molecule has 2 N–H and O–H groups in total. The van der Waals surface area contributed by atoms with Crippen molar-refractivity contribution in [1.82, 2.24) is 5.32 Å². The Labute approximate surface area is 144 Å². The number of rotatable bonds is 7. The van der Waals surface area contributed by atoms with Gasteiger partial charge in [-0.15, -0.1) is 0 Å². The fourth-order valence-electron chi connectivity index (χ4n) is 2.11. The molecule has 0 atom stereocenters. The average molecular weight is 363 g/mol. The van der Waals surface area contributed by atoms with E-state index in [0.29, 0.717) is 5.56 Å². The molecule has 0 aromatic heterocycles. The van der Waals surface area contributed by atoms with Gasteiger partial charge in [0.2, 0.25) is 0 Å². The standard InChI is InChI=1S/C16H17N3O5S/c1-25(23,24)13-7-8-14(15(11-13)19(21)22)17-9-10-18-16(20)12-5-3-2-4-6-12/h2-8,11,17H,9-10H2,1H3,(H,18,20). The number of hydrogen-bond donors (Lipinski definition) is 2. The zero-order valence-electron chi connectivity index (χ0n) is 13.4. The van der Waals surface area contributed by atoms with E-state index in [4.69, 9.17) is 0 Å². The molecule has 0 unspecified atom stereocenters. The minimum absolute atomic E-state index is 0.123. The Kier molecular flexibility index (Phi) is 5.71. The van der Waals surface area contributed by atoms with Crippen LogP contribution in [0.4, 0.5) is 11.4 Å². The largest absolute Gasteiger partial charge is 0.378 e. The molecule has 2 rings (SSSR count). The van der Waals surface area contributed by atoms with E-state index in [1.54, 1.807) is 30.3 Å². The highest BCUT2D eigenvalue weighted by molar-refractivity contribution is 7.90. The maximum Gasteiger partial charge on any atom is 0.293 e. The van der Waals surface area contributed by atoms with Crippen molar-refractivity contribution in [3.8, 4) is 0 Å². The second-order valence-electron chi connectivity index (χ2n) is 5.26. The van der Waals surface area contributed by atoms with Crippen molar-refractivity contribution >= 4 is 27.1 Å². The van der Waals surface area contributed by atoms with Crippen LogP contribution in [0.25, 0.3) is 0 Å². The molecule has 0 heterocycles. The molecular formula is C16H17N3O5S. The molecule has 8 nitrogen and oxygen atoms in total. The van der Waals surface area contributed by atoms with Crippen molar-refractivity contribution in [2.45, 2.75) is 4.90 Å². The van der Waals surface area contributed by atoms with Crippen molar-refractivity contribution in [2.75, 3.05) is 24.7 Å². The molecule has 0 saturated heterocycles. The van der Waals surface area contributed by atoms with E-state index < -0.39 is 14.8 Å². The Morgan fingerprint density at radius 1 is 1.12 bits per heavy atom. The van der Waals surface area contributed by atoms with Crippen molar-refractivity contribution in [2.24, 2.45) is 0 Å². The number of hydrogen-bond acceptors (Lipinski definition) is 6. The number of nitro benzene ring substituents is 1. The Morgan fingerprint density at radius 3 is 2.40 bits per heavy atom. The molecule has 0 bridgehead atoms. The minimum Gasteiger partial charge on any atom is -0.378 e. The highest BCUT2D eigenvalue weighted by atomic mass is 32.2. The Bertz CT molecular complexity index is 882. The van der Waals surface area contributed by atoms with Crippen LogP contribution < -0.4 is 10.6 Å². The van der Waals surface area contributed by atoms with E-state index in [1.165, 1.54) is 12.1 Å². The number of sulfone groups is 1. The van der Waals surface area contributed by atoms with E-state index in [0.717, 1.165) is 12.3 Å². The predicted molar refractivity (Wildman–Crippen MR) is 93.5 cm³/mol. The van der Waals surface area contributed by atoms with Crippen molar-refractivity contribution in [3.63, 3.8) is 0 Å². The summed E-state index contributed by atoms with van der Waals surface area (Å²) < 4.78 is 23.0. The third-order valence-corrected chi connectivity index (χ3v) is 4.47. The third kappa shape index (κ3) is 5.01. The maximum absolute atomic E-state index is 11.9. The summed E-state index contributed by atoms with van der Waals surface area (Å²) in [7, 11) is -3.53. The number of benzene rings is 2. The van der Waals surface area contributed by atoms with E-state index >= 15 is 0 Å². The molecule has 1 amide bonds. The molecule has 132 valence electrons. The van der Waals surface area contributed by atoms with Crippen LogP contribution in [-0.2, 0) is 9.84 Å². The van der Waals surface area contributed by atoms with Gasteiger partial charge in [-0.05, 0) is 24.3 Å². The van der Waals surface area contributed by atoms with Crippen LogP contribution >= 0.6 is 0 Å². The summed E-state index contributed by atoms with van der Waals surface area (Å²) in [4.78, 5) is 22.2. The fraction of sp³-hybridized carbons (Fsp3) is 0.188. The quantitative estimate of drug-likeness (QED) is 0.440. The van der Waals surface area contributed by atoms with Crippen LogP contribution in [0.5, 0.6) is 0 Å². The van der Waals surface area contributed by atoms with Crippen LogP contribution in [0.1, 0.15) is 10.4 Å². The molecule has 25 heavy (non-hydrogen) atoms. The van der Waals surface area contributed by atoms with Crippen molar-refractivity contribution < 1.29 is 18.1 Å². The summed E-state index contributed by atoms with van der Waals surface area (Å²) in [5, 5.41) is 16.6. The van der Waals surface area contributed by atoms with Gasteiger partial charge >= 0.3 is 0 Å². The number of nitrogens with one attached hydrogen (secondary N) is 2. The second kappa shape index (κ2) is 7.75. The molecule has 2 aromatic rings. The molecule has 0 saturated carbocycles. The molecular weight excluding hydrogens is 346 g/mol. The van der Waals surface area contributed by atoms with E-state index in [2.05, 4.69) is 10.6 Å². The number of amides is 1. The summed E-state index contributed by atoms with van der Waals surface area (Å²) in [5.41, 5.74) is 0.370. The van der Waals surface area contributed by atoms with Gasteiger partial charge in [-0.25, -0.2) is 8.42 Å². The lowest BCUT2D eigenvalue weighted by atomic mass is 10.2. The minimum atomic E-state index is -3.53. The number of carbonyl (C=O) groups excluding carboxylic acids is 1. The van der Waals surface area contributed by atoms with Crippen molar-refractivity contribution in [3.05, 3.63) is 64.2 Å². The summed E-state index contributed by atoms with van der Waals surface area (Å²) in [5.74, 6) is -0.246. The van der Waals surface area contributed by atoms with Gasteiger partial charge < -0.3 is 10.6 Å². The first-order valence-corrected chi connectivity index (χ1v) is 9.24. The third-order valence-electron chi connectivity index (χ3n) is 3.36. The van der Waals surface area contributed by atoms with Crippen LogP contribution in [-0.4, -0.2) is 38.6 Å². The van der Waals surface area contributed by atoms with Gasteiger partial charge in [0, 0.05) is 31.0 Å². The van der Waals surface area contributed by atoms with Crippen LogP contribution in [0.3, 0.4) is 0 Å². The molecule has 0 aliphatic carbocycles. The maximum atomic E-state index is 11.9. The smallest absolute Gasteiger partial charge is 0.293 e. The van der Waals surface area contributed by atoms with E-state index in [-0.39, 0.29) is 35.3 Å². The number of nitrogens with zero attached hydrogens (tertiary/aromatic N) is 1. The fourth-order valence-corrected chi connectivity index (χ4v) is 2.75. The number of anilines is 1. The molecule has 2 aromatic carbocycles. The molecule has 0 aliphatic heterocycles. The van der Waals surface area contributed by atoms with E-state index in [1.807, 2.05) is 0 Å². The Morgan fingerprint density at radius 2 is 1.80 bits per heavy atom. The summed E-state index contributed by atoms with van der Waals surface area (Å²) in [6.07, 6.45) is 0.984. The lowest BCUT2D eigenvalue weighted by Crippen LogP contribution is -2.28. The normalized spacial score (nSPS) is 10.9. The second-order valence-corrected chi connectivity index (χ2v) is 7.27. The van der Waals surface area contributed by atoms with Gasteiger partial charge in [-0.1, -0.05) is 18.2 Å². The average Bonchev–Trinajstić information content (AvgIpc) is 2.58. The number of nitro groups is 1. The van der Waals surface area contributed by atoms with E-state index in [9.17, 15) is 23.3 Å². The first kappa shape index (κ1) is 18.4. The summed E-state index contributed by atoms with van der Waals surface area (Å²) in [6, 6.07) is 12.3. The number of carbonyl (C=O) groups is 1. The molecule has 0 spiro atoms. The molecule has 0 fully saturated rings. The van der Waals surface area contributed by atoms with Crippen molar-refractivity contribution in [1.29, 1.82) is 0 Å². The lowest BCUT2D eigenvalue weighted by Gasteiger charge is -2.09. The van der Waals surface area contributed by atoms with Gasteiger partial charge in [0.1, 0.15) is 5.69 Å². The SMILES string of the molecule is CS(=O)(=O)c1ccc(NCCNC(=O)c2ccccc2)c([N+](=O)[O-])c1. The monoisotopic (exact) mass is 363 g/mol. The first-order valence-electron chi connectivity index (χ1n) is 7.34. The molecule has 9 heteroatoms. The zero-order chi connectivity index (χ0) is 18.4. The van der Waals surface area contributed by atoms with Gasteiger partial charge in [0.05, 0.1) is 9.82 Å². The predicted octanol–water partition coefficient (Wildman–Crippen LogP) is 1.84. The van der Waals surface area contributed by atoms with Crippen LogP contribution in [0, 0.1) is 10.1 Å². The topological polar surface area (TPSA) is 118 Å². The lowest BCUT2D eigenvalue weighted by molar-refractivity contribution is -0.384. The first-order chi connectivity index (χ1) is 11.8. The summed E-state index contributed by atoms with van der Waals surface area (Å²) >= 11 is 0. The van der Waals surface area contributed by atoms with Gasteiger partial charge in [0.15, 0.2) is 9.84 Å². The Balaban J connectivity index is 1.99. The van der Waals surface area contributed by atoms with Crippen LogP contribution in [0.2, 0.25) is 0 Å². The van der Waals surface area contributed by atoms with Gasteiger partial charge in [-0.3, -0.25) is 14.9 Å². The molecule has 0 radical (unpaired) electrons. The van der Waals surface area contributed by atoms with Gasteiger partial charge in [-0.2, -0.15) is 0 Å². The zero-order valence-corrected chi connectivity index (χ0v) is 14.2. The van der Waals surface area contributed by atoms with Crippen LogP contribution in [0.15, 0.2) is 53.4 Å². The van der Waals surface area contributed by atoms with Gasteiger partial charge in [0.25, 0.3) is 11.6 Å². The highest BCUT2D eigenvalue weighted by Crippen LogP contribution is 2.27. The summed E-state index contributed by atoms with van der Waals surface area (Å²) in [6.45, 7) is 0.496. The molecule has 0 aliphatic rings. The highest BCUT2D eigenvalue weighted by Gasteiger charge is 2.18. The Hall–Kier alpha value is -2.94.